The van der Waals surface area contributed by atoms with Gasteiger partial charge in [0.05, 0.1) is 6.42 Å². The number of aliphatic carboxylic acids is 1. The van der Waals surface area contributed by atoms with Crippen molar-refractivity contribution in [1.29, 1.82) is 0 Å². The van der Waals surface area contributed by atoms with Crippen LogP contribution in [0.4, 0.5) is 0 Å². The van der Waals surface area contributed by atoms with E-state index in [9.17, 15) is 14.4 Å². The molecule has 1 saturated carbocycles. The van der Waals surface area contributed by atoms with Crippen LogP contribution in [0.5, 0.6) is 0 Å². The normalized spacial score (nSPS) is 18.6. The van der Waals surface area contributed by atoms with Gasteiger partial charge in [0.15, 0.2) is 0 Å². The number of esters is 2. The van der Waals surface area contributed by atoms with E-state index in [0.29, 0.717) is 12.8 Å². The Morgan fingerprint density at radius 1 is 1.19 bits per heavy atom. The molecule has 0 aliphatic heterocycles. The van der Waals surface area contributed by atoms with Gasteiger partial charge in [-0.15, -0.1) is 0 Å². The summed E-state index contributed by atoms with van der Waals surface area (Å²) < 4.78 is 9.50. The van der Waals surface area contributed by atoms with Crippen molar-refractivity contribution in [3.8, 4) is 0 Å². The molecule has 1 aliphatic rings. The fourth-order valence-corrected chi connectivity index (χ4v) is 2.75. The molecule has 0 aromatic rings. The fourth-order valence-electron chi connectivity index (χ4n) is 2.75. The number of ether oxygens (including phenoxy) is 2. The minimum Gasteiger partial charge on any atom is -0.481 e. The SMILES string of the molecule is CCC(=O)OCOC(=O)C(N)C1(CC(=O)O)CCCCC1. The summed E-state index contributed by atoms with van der Waals surface area (Å²) in [6, 6.07) is -1.02. The fraction of sp³-hybridized carbons (Fsp3) is 0.786. The lowest BCUT2D eigenvalue weighted by Crippen LogP contribution is -2.50. The Labute approximate surface area is 123 Å². The zero-order valence-electron chi connectivity index (χ0n) is 12.3. The summed E-state index contributed by atoms with van der Waals surface area (Å²) in [5.74, 6) is -2.17. The first-order valence-electron chi connectivity index (χ1n) is 7.21. The van der Waals surface area contributed by atoms with E-state index in [-0.39, 0.29) is 12.8 Å². The lowest BCUT2D eigenvalue weighted by atomic mass is 9.67. The molecule has 0 bridgehead atoms. The summed E-state index contributed by atoms with van der Waals surface area (Å²) in [4.78, 5) is 34.0. The average Bonchev–Trinajstić information content (AvgIpc) is 2.46. The quantitative estimate of drug-likeness (QED) is 0.536. The van der Waals surface area contributed by atoms with Crippen molar-refractivity contribution in [3.63, 3.8) is 0 Å². The number of carbonyl (C=O) groups is 3. The highest BCUT2D eigenvalue weighted by Gasteiger charge is 2.44. The van der Waals surface area contributed by atoms with Crippen LogP contribution in [0, 0.1) is 5.41 Å². The summed E-state index contributed by atoms with van der Waals surface area (Å²) in [7, 11) is 0. The van der Waals surface area contributed by atoms with Crippen LogP contribution >= 0.6 is 0 Å². The zero-order chi connectivity index (χ0) is 15.9. The van der Waals surface area contributed by atoms with Crippen molar-refractivity contribution in [2.45, 2.75) is 57.9 Å². The van der Waals surface area contributed by atoms with E-state index >= 15 is 0 Å². The Hall–Kier alpha value is -1.63. The van der Waals surface area contributed by atoms with Crippen molar-refractivity contribution in [1.82, 2.24) is 0 Å². The molecule has 1 unspecified atom stereocenters. The van der Waals surface area contributed by atoms with E-state index in [1.807, 2.05) is 0 Å². The molecule has 1 atom stereocenters. The molecule has 21 heavy (non-hydrogen) atoms. The standard InChI is InChI=1S/C14H23NO6/c1-2-11(18)20-9-21-13(19)12(15)14(8-10(16)17)6-4-3-5-7-14/h12H,2-9,15H2,1H3,(H,16,17). The van der Waals surface area contributed by atoms with Crippen LogP contribution in [0.25, 0.3) is 0 Å². The molecule has 0 saturated heterocycles. The first kappa shape index (κ1) is 17.4. The second kappa shape index (κ2) is 7.97. The maximum absolute atomic E-state index is 12.0. The summed E-state index contributed by atoms with van der Waals surface area (Å²) in [6.45, 7) is 1.14. The minimum atomic E-state index is -1.02. The van der Waals surface area contributed by atoms with Gasteiger partial charge >= 0.3 is 17.9 Å². The number of hydrogen-bond acceptors (Lipinski definition) is 6. The Morgan fingerprint density at radius 3 is 2.33 bits per heavy atom. The molecule has 0 spiro atoms. The Kier molecular flexibility index (Phi) is 6.61. The van der Waals surface area contributed by atoms with Gasteiger partial charge in [0.25, 0.3) is 0 Å². The van der Waals surface area contributed by atoms with Crippen LogP contribution < -0.4 is 5.73 Å². The number of rotatable bonds is 7. The van der Waals surface area contributed by atoms with E-state index in [0.717, 1.165) is 19.3 Å². The van der Waals surface area contributed by atoms with Gasteiger partial charge in [-0.2, -0.15) is 0 Å². The van der Waals surface area contributed by atoms with Crippen molar-refractivity contribution in [2.75, 3.05) is 6.79 Å². The summed E-state index contributed by atoms with van der Waals surface area (Å²) in [6.07, 6.45) is 3.91. The number of carboxylic acid groups (broad SMARTS) is 1. The molecule has 3 N–H and O–H groups in total. The van der Waals surface area contributed by atoms with Crippen molar-refractivity contribution in [3.05, 3.63) is 0 Å². The molecule has 0 radical (unpaired) electrons. The molecule has 0 aromatic heterocycles. The highest BCUT2D eigenvalue weighted by atomic mass is 16.7. The second-order valence-corrected chi connectivity index (χ2v) is 5.42. The van der Waals surface area contributed by atoms with Crippen LogP contribution in [0.1, 0.15) is 51.9 Å². The summed E-state index contributed by atoms with van der Waals surface area (Å²) in [5, 5.41) is 9.07. The molecule has 120 valence electrons. The molecule has 7 heteroatoms. The van der Waals surface area contributed by atoms with Gasteiger partial charge in [-0.05, 0) is 12.8 Å². The molecule has 0 heterocycles. The lowest BCUT2D eigenvalue weighted by Gasteiger charge is -2.39. The van der Waals surface area contributed by atoms with Crippen LogP contribution in [-0.4, -0.2) is 35.8 Å². The first-order chi connectivity index (χ1) is 9.91. The van der Waals surface area contributed by atoms with Crippen LogP contribution in [0.15, 0.2) is 0 Å². The maximum Gasteiger partial charge on any atom is 0.326 e. The number of nitrogens with two attached hydrogens (primary N) is 1. The van der Waals surface area contributed by atoms with Gasteiger partial charge < -0.3 is 20.3 Å². The molecule has 1 fully saturated rings. The first-order valence-corrected chi connectivity index (χ1v) is 7.21. The minimum absolute atomic E-state index is 0.155. The van der Waals surface area contributed by atoms with Gasteiger partial charge in [-0.3, -0.25) is 14.4 Å². The number of hydrogen-bond donors (Lipinski definition) is 2. The summed E-state index contributed by atoms with van der Waals surface area (Å²) >= 11 is 0. The average molecular weight is 301 g/mol. The largest absolute Gasteiger partial charge is 0.481 e. The Bertz CT molecular complexity index is 389. The van der Waals surface area contributed by atoms with Gasteiger partial charge in [0, 0.05) is 11.8 Å². The van der Waals surface area contributed by atoms with Crippen molar-refractivity contribution < 1.29 is 29.0 Å². The molecule has 0 amide bonds. The van der Waals surface area contributed by atoms with E-state index in [1.54, 1.807) is 6.92 Å². The third-order valence-corrected chi connectivity index (χ3v) is 3.98. The molecule has 7 nitrogen and oxygen atoms in total. The van der Waals surface area contributed by atoms with E-state index in [4.69, 9.17) is 15.6 Å². The van der Waals surface area contributed by atoms with Gasteiger partial charge in [-0.25, -0.2) is 0 Å². The van der Waals surface area contributed by atoms with Gasteiger partial charge in [0.2, 0.25) is 6.79 Å². The van der Waals surface area contributed by atoms with E-state index in [2.05, 4.69) is 4.74 Å². The van der Waals surface area contributed by atoms with Crippen molar-refractivity contribution in [2.24, 2.45) is 11.1 Å². The molecule has 1 rings (SSSR count). The van der Waals surface area contributed by atoms with Gasteiger partial charge in [-0.1, -0.05) is 26.2 Å². The monoisotopic (exact) mass is 301 g/mol. The Morgan fingerprint density at radius 2 is 1.81 bits per heavy atom. The molecular formula is C14H23NO6. The highest BCUT2D eigenvalue weighted by molar-refractivity contribution is 5.78. The van der Waals surface area contributed by atoms with E-state index < -0.39 is 36.2 Å². The second-order valence-electron chi connectivity index (χ2n) is 5.42. The lowest BCUT2D eigenvalue weighted by molar-refractivity contribution is -0.170. The molecule has 1 aliphatic carbocycles. The van der Waals surface area contributed by atoms with Crippen LogP contribution in [-0.2, 0) is 23.9 Å². The number of carboxylic acids is 1. The third-order valence-electron chi connectivity index (χ3n) is 3.98. The topological polar surface area (TPSA) is 116 Å². The number of carbonyl (C=O) groups excluding carboxylic acids is 2. The highest BCUT2D eigenvalue weighted by Crippen LogP contribution is 2.42. The van der Waals surface area contributed by atoms with Gasteiger partial charge in [0.1, 0.15) is 6.04 Å². The summed E-state index contributed by atoms with van der Waals surface area (Å²) in [5.41, 5.74) is 5.18. The molecule has 0 aromatic carbocycles. The Balaban J connectivity index is 2.62. The molecular weight excluding hydrogens is 278 g/mol. The third kappa shape index (κ3) is 5.00. The van der Waals surface area contributed by atoms with Crippen LogP contribution in [0.3, 0.4) is 0 Å². The van der Waals surface area contributed by atoms with Crippen molar-refractivity contribution >= 4 is 17.9 Å². The zero-order valence-corrected chi connectivity index (χ0v) is 12.3. The maximum atomic E-state index is 12.0. The van der Waals surface area contributed by atoms with E-state index in [1.165, 1.54) is 0 Å². The predicted molar refractivity (Wildman–Crippen MR) is 73.1 cm³/mol. The predicted octanol–water partition coefficient (Wildman–Crippen LogP) is 1.19. The smallest absolute Gasteiger partial charge is 0.326 e. The van der Waals surface area contributed by atoms with Crippen LogP contribution in [0.2, 0.25) is 0 Å².